The summed E-state index contributed by atoms with van der Waals surface area (Å²) in [5, 5.41) is 0. The third-order valence-electron chi connectivity index (χ3n) is 1.69. The molecule has 0 aliphatic carbocycles. The predicted molar refractivity (Wildman–Crippen MR) is 48.9 cm³/mol. The molecule has 1 aromatic heterocycles. The van der Waals surface area contributed by atoms with Gasteiger partial charge in [0.15, 0.2) is 0 Å². The van der Waals surface area contributed by atoms with Gasteiger partial charge >= 0.3 is 0 Å². The summed E-state index contributed by atoms with van der Waals surface area (Å²) in [7, 11) is 0. The molecular weight excluding hydrogens is 150 g/mol. The minimum Gasteiger partial charge on any atom is -0.374 e. The van der Waals surface area contributed by atoms with Gasteiger partial charge in [-0.15, -0.1) is 0 Å². The minimum absolute atomic E-state index is 0.282. The Bertz CT molecular complexity index is 245. The Kier molecular flexibility index (Phi) is 3.23. The summed E-state index contributed by atoms with van der Waals surface area (Å²) < 4.78 is 5.47. The molecule has 0 unspecified atom stereocenters. The van der Waals surface area contributed by atoms with E-state index in [2.05, 4.69) is 4.98 Å². The fourth-order valence-corrected chi connectivity index (χ4v) is 0.927. The first kappa shape index (κ1) is 9.20. The van der Waals surface area contributed by atoms with E-state index in [1.165, 1.54) is 5.56 Å². The van der Waals surface area contributed by atoms with Gasteiger partial charge < -0.3 is 4.74 Å². The van der Waals surface area contributed by atoms with Crippen LogP contribution in [0.3, 0.4) is 0 Å². The van der Waals surface area contributed by atoms with Crippen LogP contribution in [0, 0.1) is 6.92 Å². The molecule has 1 aromatic rings. The van der Waals surface area contributed by atoms with E-state index in [9.17, 15) is 0 Å². The van der Waals surface area contributed by atoms with Gasteiger partial charge in [0.1, 0.15) is 0 Å². The smallest absolute Gasteiger partial charge is 0.0737 e. The molecule has 2 nitrogen and oxygen atoms in total. The van der Waals surface area contributed by atoms with Crippen molar-refractivity contribution < 1.29 is 4.74 Å². The van der Waals surface area contributed by atoms with Gasteiger partial charge in [0, 0.05) is 11.9 Å². The van der Waals surface area contributed by atoms with Gasteiger partial charge in [-0.2, -0.15) is 0 Å². The van der Waals surface area contributed by atoms with E-state index in [1.807, 2.05) is 32.9 Å². The quantitative estimate of drug-likeness (QED) is 0.685. The highest BCUT2D eigenvalue weighted by molar-refractivity contribution is 5.16. The van der Waals surface area contributed by atoms with E-state index in [4.69, 9.17) is 4.74 Å². The van der Waals surface area contributed by atoms with Crippen molar-refractivity contribution in [2.75, 3.05) is 0 Å². The van der Waals surface area contributed by atoms with E-state index in [1.54, 1.807) is 6.20 Å². The van der Waals surface area contributed by atoms with Gasteiger partial charge in [0.25, 0.3) is 0 Å². The van der Waals surface area contributed by atoms with Gasteiger partial charge in [-0.25, -0.2) is 0 Å². The molecule has 1 rings (SSSR count). The number of hydrogen-bond acceptors (Lipinski definition) is 2. The van der Waals surface area contributed by atoms with Crippen molar-refractivity contribution in [2.24, 2.45) is 0 Å². The van der Waals surface area contributed by atoms with Gasteiger partial charge in [0.05, 0.1) is 12.7 Å². The van der Waals surface area contributed by atoms with Crippen molar-refractivity contribution in [3.63, 3.8) is 0 Å². The second-order valence-electron chi connectivity index (χ2n) is 3.11. The summed E-state index contributed by atoms with van der Waals surface area (Å²) >= 11 is 0. The molecule has 12 heavy (non-hydrogen) atoms. The lowest BCUT2D eigenvalue weighted by molar-refractivity contribution is 0.0652. The average Bonchev–Trinajstić information content (AvgIpc) is 2.03. The summed E-state index contributed by atoms with van der Waals surface area (Å²) in [6, 6.07) is 3.98. The van der Waals surface area contributed by atoms with Gasteiger partial charge in [0.2, 0.25) is 0 Å². The number of rotatable bonds is 3. The Labute approximate surface area is 73.6 Å². The van der Waals surface area contributed by atoms with Crippen LogP contribution in [0.4, 0.5) is 0 Å². The van der Waals surface area contributed by atoms with Crippen molar-refractivity contribution in [1.29, 1.82) is 0 Å². The van der Waals surface area contributed by atoms with E-state index in [0.29, 0.717) is 6.61 Å². The molecule has 0 saturated carbocycles. The van der Waals surface area contributed by atoms with Gasteiger partial charge in [-0.3, -0.25) is 4.98 Å². The molecule has 0 radical (unpaired) electrons. The maximum absolute atomic E-state index is 5.47. The Morgan fingerprint density at radius 1 is 1.50 bits per heavy atom. The van der Waals surface area contributed by atoms with Crippen molar-refractivity contribution in [3.05, 3.63) is 29.6 Å². The van der Waals surface area contributed by atoms with Gasteiger partial charge in [-0.05, 0) is 32.4 Å². The first-order chi connectivity index (χ1) is 5.70. The SMILES string of the molecule is Cc1ncccc1COC(C)C. The topological polar surface area (TPSA) is 22.1 Å². The molecule has 0 aliphatic heterocycles. The van der Waals surface area contributed by atoms with Crippen molar-refractivity contribution in [3.8, 4) is 0 Å². The number of aromatic nitrogens is 1. The van der Waals surface area contributed by atoms with E-state index in [-0.39, 0.29) is 6.10 Å². The third kappa shape index (κ3) is 2.62. The Hall–Kier alpha value is -0.890. The highest BCUT2D eigenvalue weighted by Gasteiger charge is 1.99. The van der Waals surface area contributed by atoms with E-state index >= 15 is 0 Å². The summed E-state index contributed by atoms with van der Waals surface area (Å²) in [5.41, 5.74) is 2.23. The molecule has 0 fully saturated rings. The highest BCUT2D eigenvalue weighted by Crippen LogP contribution is 2.06. The normalized spacial score (nSPS) is 10.7. The Morgan fingerprint density at radius 2 is 2.25 bits per heavy atom. The van der Waals surface area contributed by atoms with Crippen LogP contribution in [0.15, 0.2) is 18.3 Å². The second-order valence-corrected chi connectivity index (χ2v) is 3.11. The molecule has 0 aliphatic rings. The fraction of sp³-hybridized carbons (Fsp3) is 0.500. The lowest BCUT2D eigenvalue weighted by Crippen LogP contribution is -2.03. The fourth-order valence-electron chi connectivity index (χ4n) is 0.927. The van der Waals surface area contributed by atoms with E-state index in [0.717, 1.165) is 5.69 Å². The molecule has 2 heteroatoms. The van der Waals surface area contributed by atoms with Crippen molar-refractivity contribution in [2.45, 2.75) is 33.5 Å². The zero-order chi connectivity index (χ0) is 8.97. The molecule has 0 atom stereocenters. The molecule has 0 bridgehead atoms. The first-order valence-electron chi connectivity index (χ1n) is 4.22. The standard InChI is InChI=1S/C10H15NO/c1-8(2)12-7-10-5-4-6-11-9(10)3/h4-6,8H,7H2,1-3H3. The van der Waals surface area contributed by atoms with Crippen LogP contribution >= 0.6 is 0 Å². The Morgan fingerprint density at radius 3 is 2.83 bits per heavy atom. The highest BCUT2D eigenvalue weighted by atomic mass is 16.5. The number of ether oxygens (including phenoxy) is 1. The average molecular weight is 165 g/mol. The number of pyridine rings is 1. The minimum atomic E-state index is 0.282. The Balaban J connectivity index is 2.57. The van der Waals surface area contributed by atoms with Crippen LogP contribution in [0.5, 0.6) is 0 Å². The van der Waals surface area contributed by atoms with Gasteiger partial charge in [-0.1, -0.05) is 6.07 Å². The van der Waals surface area contributed by atoms with Crippen LogP contribution in [0.2, 0.25) is 0 Å². The molecule has 0 amide bonds. The largest absolute Gasteiger partial charge is 0.374 e. The van der Waals surface area contributed by atoms with Crippen molar-refractivity contribution >= 4 is 0 Å². The molecular formula is C10H15NO. The zero-order valence-electron chi connectivity index (χ0n) is 7.87. The molecule has 0 N–H and O–H groups in total. The zero-order valence-corrected chi connectivity index (χ0v) is 7.87. The maximum Gasteiger partial charge on any atom is 0.0737 e. The number of nitrogens with zero attached hydrogens (tertiary/aromatic N) is 1. The summed E-state index contributed by atoms with van der Waals surface area (Å²) in [6.07, 6.45) is 2.08. The number of hydrogen-bond donors (Lipinski definition) is 0. The lowest BCUT2D eigenvalue weighted by atomic mass is 10.2. The van der Waals surface area contributed by atoms with E-state index < -0.39 is 0 Å². The first-order valence-corrected chi connectivity index (χ1v) is 4.22. The monoisotopic (exact) mass is 165 g/mol. The third-order valence-corrected chi connectivity index (χ3v) is 1.69. The molecule has 1 heterocycles. The molecule has 66 valence electrons. The molecule has 0 spiro atoms. The summed E-state index contributed by atoms with van der Waals surface area (Å²) in [6.45, 7) is 6.73. The summed E-state index contributed by atoms with van der Waals surface area (Å²) in [5.74, 6) is 0. The van der Waals surface area contributed by atoms with Crippen molar-refractivity contribution in [1.82, 2.24) is 4.98 Å². The lowest BCUT2D eigenvalue weighted by Gasteiger charge is -2.08. The van der Waals surface area contributed by atoms with Crippen LogP contribution in [-0.4, -0.2) is 11.1 Å². The predicted octanol–water partition coefficient (Wildman–Crippen LogP) is 2.32. The maximum atomic E-state index is 5.47. The van der Waals surface area contributed by atoms with Crippen LogP contribution in [0.25, 0.3) is 0 Å². The van der Waals surface area contributed by atoms with Crippen LogP contribution < -0.4 is 0 Å². The van der Waals surface area contributed by atoms with Crippen LogP contribution in [-0.2, 0) is 11.3 Å². The molecule has 0 saturated heterocycles. The number of aryl methyl sites for hydroxylation is 1. The summed E-state index contributed by atoms with van der Waals surface area (Å²) in [4.78, 5) is 4.18. The second kappa shape index (κ2) is 4.21. The molecule has 0 aromatic carbocycles. The van der Waals surface area contributed by atoms with Crippen LogP contribution in [0.1, 0.15) is 25.1 Å².